The number of hydrogen-bond donors (Lipinski definition) is 5. The van der Waals surface area contributed by atoms with Crippen LogP contribution in [-0.2, 0) is 0 Å². The van der Waals surface area contributed by atoms with Crippen LogP contribution in [0.4, 0.5) is 0 Å². The average Bonchev–Trinajstić information content (AvgIpc) is 2.07. The first kappa shape index (κ1) is 6.76. The van der Waals surface area contributed by atoms with Crippen LogP contribution in [-0.4, -0.2) is 31.6 Å². The molecule has 0 unspecified atom stereocenters. The summed E-state index contributed by atoms with van der Waals surface area (Å²) in [6.45, 7) is 0. The van der Waals surface area contributed by atoms with Crippen molar-refractivity contribution in [1.29, 1.82) is 0 Å². The van der Waals surface area contributed by atoms with Gasteiger partial charge in [-0.05, 0) is 0 Å². The van der Waals surface area contributed by atoms with Gasteiger partial charge in [0.15, 0.2) is 17.6 Å². The Bertz CT molecular complexity index is 202. The molecule has 0 fully saturated rings. The molecule has 5 nitrogen and oxygen atoms in total. The van der Waals surface area contributed by atoms with Crippen molar-refractivity contribution in [2.24, 2.45) is 0 Å². The van der Waals surface area contributed by atoms with Gasteiger partial charge < -0.3 is 25.5 Å². The molecule has 56 valence electrons. The average molecular weight is 146 g/mol. The lowest BCUT2D eigenvalue weighted by atomic mass is 10.3. The Morgan fingerprint density at radius 1 is 0.800 bits per heavy atom. The van der Waals surface area contributed by atoms with Crippen LogP contribution >= 0.6 is 0 Å². The summed E-state index contributed by atoms with van der Waals surface area (Å²) in [5, 5.41) is 43.1. The summed E-state index contributed by atoms with van der Waals surface area (Å²) in [6.07, 6.45) is -1.69. The van der Waals surface area contributed by atoms with Gasteiger partial charge in [-0.1, -0.05) is 0 Å². The minimum absolute atomic E-state index is 0.838. The molecule has 5 N–H and O–H groups in total. The van der Waals surface area contributed by atoms with Gasteiger partial charge in [-0.2, -0.15) is 0 Å². The summed E-state index contributed by atoms with van der Waals surface area (Å²) in [5.74, 6) is -3.44. The molecular formula is C5H6O5. The smallest absolute Gasteiger partial charge is 0.202 e. The SMILES string of the molecule is OC1=C(O)C(O)C(O)=C1O. The highest BCUT2D eigenvalue weighted by Crippen LogP contribution is 2.25. The van der Waals surface area contributed by atoms with Gasteiger partial charge in [0.05, 0.1) is 0 Å². The van der Waals surface area contributed by atoms with Crippen LogP contribution in [0.5, 0.6) is 0 Å². The van der Waals surface area contributed by atoms with E-state index in [-0.39, 0.29) is 0 Å². The largest absolute Gasteiger partial charge is 0.506 e. The Morgan fingerprint density at radius 2 is 1.10 bits per heavy atom. The van der Waals surface area contributed by atoms with E-state index >= 15 is 0 Å². The second-order valence-corrected chi connectivity index (χ2v) is 1.87. The molecule has 0 saturated heterocycles. The summed E-state index contributed by atoms with van der Waals surface area (Å²) in [6, 6.07) is 0. The van der Waals surface area contributed by atoms with E-state index in [0.717, 1.165) is 0 Å². The van der Waals surface area contributed by atoms with Gasteiger partial charge in [0.1, 0.15) is 0 Å². The lowest BCUT2D eigenvalue weighted by Crippen LogP contribution is -2.09. The van der Waals surface area contributed by atoms with Crippen LogP contribution in [0, 0.1) is 0 Å². The second kappa shape index (κ2) is 1.81. The molecule has 0 aromatic carbocycles. The topological polar surface area (TPSA) is 101 Å². The van der Waals surface area contributed by atoms with Crippen molar-refractivity contribution in [3.63, 3.8) is 0 Å². The quantitative estimate of drug-likeness (QED) is 0.331. The second-order valence-electron chi connectivity index (χ2n) is 1.87. The third-order valence-corrected chi connectivity index (χ3v) is 1.23. The summed E-state index contributed by atoms with van der Waals surface area (Å²) in [4.78, 5) is 0. The molecule has 10 heavy (non-hydrogen) atoms. The van der Waals surface area contributed by atoms with Crippen LogP contribution in [0.2, 0.25) is 0 Å². The fourth-order valence-electron chi connectivity index (χ4n) is 0.631. The molecule has 1 rings (SSSR count). The highest BCUT2D eigenvalue weighted by molar-refractivity contribution is 5.36. The van der Waals surface area contributed by atoms with E-state index in [1.165, 1.54) is 0 Å². The molecule has 0 radical (unpaired) electrons. The Kier molecular flexibility index (Phi) is 1.22. The first-order chi connectivity index (χ1) is 4.55. The fraction of sp³-hybridized carbons (Fsp3) is 0.200. The van der Waals surface area contributed by atoms with Crippen molar-refractivity contribution >= 4 is 0 Å². The highest BCUT2D eigenvalue weighted by atomic mass is 16.4. The molecule has 0 heterocycles. The summed E-state index contributed by atoms with van der Waals surface area (Å²) in [7, 11) is 0. The molecule has 5 heteroatoms. The van der Waals surface area contributed by atoms with E-state index in [1.807, 2.05) is 0 Å². The molecule has 0 aromatic heterocycles. The molecule has 0 aromatic rings. The molecule has 0 saturated carbocycles. The maximum Gasteiger partial charge on any atom is 0.202 e. The molecule has 0 spiro atoms. The van der Waals surface area contributed by atoms with Crippen molar-refractivity contribution in [1.82, 2.24) is 0 Å². The molecular weight excluding hydrogens is 140 g/mol. The third-order valence-electron chi connectivity index (χ3n) is 1.23. The van der Waals surface area contributed by atoms with E-state index in [2.05, 4.69) is 0 Å². The van der Waals surface area contributed by atoms with E-state index in [9.17, 15) is 0 Å². The zero-order chi connectivity index (χ0) is 7.89. The van der Waals surface area contributed by atoms with Gasteiger partial charge in [0, 0.05) is 0 Å². The Hall–Kier alpha value is -1.36. The number of hydrogen-bond acceptors (Lipinski definition) is 5. The van der Waals surface area contributed by atoms with Crippen LogP contribution < -0.4 is 0 Å². The lowest BCUT2D eigenvalue weighted by Gasteiger charge is -1.99. The van der Waals surface area contributed by atoms with Gasteiger partial charge in [0.2, 0.25) is 11.5 Å². The summed E-state index contributed by atoms with van der Waals surface area (Å²) >= 11 is 0. The van der Waals surface area contributed by atoms with Gasteiger partial charge in [0.25, 0.3) is 0 Å². The lowest BCUT2D eigenvalue weighted by molar-refractivity contribution is 0.136. The number of rotatable bonds is 0. The van der Waals surface area contributed by atoms with Crippen molar-refractivity contribution in [2.75, 3.05) is 0 Å². The predicted molar refractivity (Wildman–Crippen MR) is 30.6 cm³/mol. The number of aliphatic hydroxyl groups excluding tert-OH is 5. The van der Waals surface area contributed by atoms with E-state index < -0.39 is 29.1 Å². The summed E-state index contributed by atoms with van der Waals surface area (Å²) in [5.41, 5.74) is 0. The number of aliphatic hydroxyl groups is 5. The van der Waals surface area contributed by atoms with Crippen molar-refractivity contribution in [3.05, 3.63) is 23.0 Å². The molecule has 0 aliphatic heterocycles. The summed E-state index contributed by atoms with van der Waals surface area (Å²) < 4.78 is 0. The van der Waals surface area contributed by atoms with Gasteiger partial charge >= 0.3 is 0 Å². The fourth-order valence-corrected chi connectivity index (χ4v) is 0.631. The molecule has 1 aliphatic carbocycles. The maximum absolute atomic E-state index is 8.67. The van der Waals surface area contributed by atoms with E-state index in [4.69, 9.17) is 25.5 Å². The van der Waals surface area contributed by atoms with Crippen LogP contribution in [0.3, 0.4) is 0 Å². The van der Waals surface area contributed by atoms with Crippen molar-refractivity contribution in [2.45, 2.75) is 6.10 Å². The maximum atomic E-state index is 8.67. The minimum atomic E-state index is -1.69. The van der Waals surface area contributed by atoms with E-state index in [1.54, 1.807) is 0 Å². The van der Waals surface area contributed by atoms with Crippen LogP contribution in [0.1, 0.15) is 0 Å². The zero-order valence-electron chi connectivity index (χ0n) is 4.81. The standard InChI is InChI=1S/C5H6O5/c6-1-2(7)4(9)5(10)3(1)8/h1,6-10H. The van der Waals surface area contributed by atoms with Gasteiger partial charge in [-0.3, -0.25) is 0 Å². The highest BCUT2D eigenvalue weighted by Gasteiger charge is 2.32. The first-order valence-corrected chi connectivity index (χ1v) is 2.48. The normalized spacial score (nSPS) is 20.9. The van der Waals surface area contributed by atoms with Crippen LogP contribution in [0.25, 0.3) is 0 Å². The Balaban J connectivity index is 3.09. The predicted octanol–water partition coefficient (Wildman–Crippen LogP) is 0.0161. The minimum Gasteiger partial charge on any atom is -0.506 e. The molecule has 0 amide bonds. The van der Waals surface area contributed by atoms with Gasteiger partial charge in [-0.15, -0.1) is 0 Å². The van der Waals surface area contributed by atoms with Crippen molar-refractivity contribution in [3.8, 4) is 0 Å². The first-order valence-electron chi connectivity index (χ1n) is 2.48. The monoisotopic (exact) mass is 146 g/mol. The molecule has 0 bridgehead atoms. The Labute approximate surface area is 55.8 Å². The zero-order valence-corrected chi connectivity index (χ0v) is 4.81. The van der Waals surface area contributed by atoms with E-state index in [0.29, 0.717) is 0 Å². The van der Waals surface area contributed by atoms with Gasteiger partial charge in [-0.25, -0.2) is 0 Å². The molecule has 1 aliphatic rings. The third kappa shape index (κ3) is 0.608. The molecule has 0 atom stereocenters. The van der Waals surface area contributed by atoms with Crippen LogP contribution in [0.15, 0.2) is 23.0 Å². The Morgan fingerprint density at radius 3 is 1.20 bits per heavy atom. The van der Waals surface area contributed by atoms with Crippen molar-refractivity contribution < 1.29 is 25.5 Å².